The number of piperidine rings is 1. The number of benzene rings is 1. The number of hydrogen-bond donors (Lipinski definition) is 1. The summed E-state index contributed by atoms with van der Waals surface area (Å²) in [4.78, 5) is 11.1. The summed E-state index contributed by atoms with van der Waals surface area (Å²) in [5.41, 5.74) is 5.17. The van der Waals surface area contributed by atoms with Crippen molar-refractivity contribution in [1.82, 2.24) is 4.31 Å². The molecule has 0 radical (unpaired) electrons. The minimum atomic E-state index is -3.68. The van der Waals surface area contributed by atoms with Gasteiger partial charge in [-0.15, -0.1) is 0 Å². The van der Waals surface area contributed by atoms with Gasteiger partial charge >= 0.3 is 0 Å². The first-order chi connectivity index (χ1) is 11.5. The highest BCUT2D eigenvalue weighted by atomic mass is 32.2. The molecule has 0 saturated carbocycles. The van der Waals surface area contributed by atoms with Gasteiger partial charge in [0.2, 0.25) is 15.9 Å². The zero-order valence-corrected chi connectivity index (χ0v) is 16.0. The molecule has 1 aromatic rings. The second kappa shape index (κ2) is 7.43. The highest BCUT2D eigenvalue weighted by molar-refractivity contribution is 7.90. The van der Waals surface area contributed by atoms with Crippen LogP contribution < -0.4 is 5.73 Å². The monoisotopic (exact) mass is 388 g/mol. The van der Waals surface area contributed by atoms with E-state index in [0.29, 0.717) is 32.2 Å². The number of hydrogen-bond acceptors (Lipinski definition) is 5. The molecule has 0 aliphatic carbocycles. The minimum Gasteiger partial charge on any atom is -0.370 e. The molecule has 2 atom stereocenters. The highest BCUT2D eigenvalue weighted by Crippen LogP contribution is 2.31. The van der Waals surface area contributed by atoms with Gasteiger partial charge in [0.05, 0.1) is 9.79 Å². The second-order valence-electron chi connectivity index (χ2n) is 6.60. The van der Waals surface area contributed by atoms with Gasteiger partial charge in [-0.3, -0.25) is 4.79 Å². The number of carbonyl (C=O) groups is 1. The predicted molar refractivity (Wildman–Crippen MR) is 94.1 cm³/mol. The van der Waals surface area contributed by atoms with E-state index >= 15 is 0 Å². The molecular formula is C16H24N2O5S2. The molecule has 0 aromatic heterocycles. The molecule has 1 heterocycles. The maximum Gasteiger partial charge on any atom is 0.243 e. The van der Waals surface area contributed by atoms with Crippen molar-refractivity contribution in [3.63, 3.8) is 0 Å². The van der Waals surface area contributed by atoms with Gasteiger partial charge in [-0.1, -0.05) is 0 Å². The van der Waals surface area contributed by atoms with Crippen molar-refractivity contribution in [2.75, 3.05) is 12.8 Å². The Kier molecular flexibility index (Phi) is 5.90. The molecule has 0 spiro atoms. The van der Waals surface area contributed by atoms with Gasteiger partial charge in [0.1, 0.15) is 0 Å². The van der Waals surface area contributed by atoms with E-state index < -0.39 is 19.9 Å². The number of sulfone groups is 1. The average molecular weight is 389 g/mol. The maximum absolute atomic E-state index is 12.8. The van der Waals surface area contributed by atoms with Crippen LogP contribution in [0.5, 0.6) is 0 Å². The quantitative estimate of drug-likeness (QED) is 0.785. The van der Waals surface area contributed by atoms with Crippen LogP contribution in [0, 0.1) is 5.92 Å². The third kappa shape index (κ3) is 4.80. The molecule has 2 N–H and O–H groups in total. The SMILES string of the molecule is CC1CC(CCC(N)=O)CCN1S(=O)(=O)c1ccc(S(C)(=O)=O)cc1. The van der Waals surface area contributed by atoms with Gasteiger partial charge in [-0.25, -0.2) is 16.8 Å². The van der Waals surface area contributed by atoms with Crippen molar-refractivity contribution in [2.24, 2.45) is 11.7 Å². The summed E-state index contributed by atoms with van der Waals surface area (Å²) in [6, 6.07) is 5.10. The number of primary amides is 1. The van der Waals surface area contributed by atoms with Crippen molar-refractivity contribution in [1.29, 1.82) is 0 Å². The standard InChI is InChI=1S/C16H24N2O5S2/c1-12-11-13(3-8-16(17)19)9-10-18(12)25(22,23)15-6-4-14(5-7-15)24(2,20)21/h4-7,12-13H,3,8-11H2,1-2H3,(H2,17,19). The molecule has 1 aliphatic rings. The van der Waals surface area contributed by atoms with Crippen molar-refractivity contribution in [2.45, 2.75) is 48.4 Å². The van der Waals surface area contributed by atoms with Crippen molar-refractivity contribution in [3.8, 4) is 0 Å². The normalized spacial score (nSPS) is 22.6. The van der Waals surface area contributed by atoms with Crippen LogP contribution in [-0.4, -0.2) is 45.9 Å². The molecule has 0 bridgehead atoms. The Bertz CT molecular complexity index is 832. The number of rotatable bonds is 6. The van der Waals surface area contributed by atoms with Gasteiger partial charge in [-0.05, 0) is 56.4 Å². The van der Waals surface area contributed by atoms with Gasteiger partial charge in [0.15, 0.2) is 9.84 Å². The molecule has 1 aromatic carbocycles. The summed E-state index contributed by atoms with van der Waals surface area (Å²) in [6.07, 6.45) is 3.43. The molecule has 2 unspecified atom stereocenters. The molecule has 1 amide bonds. The molecule has 1 aliphatic heterocycles. The maximum atomic E-state index is 12.8. The molecule has 2 rings (SSSR count). The van der Waals surface area contributed by atoms with Crippen LogP contribution in [0.2, 0.25) is 0 Å². The summed E-state index contributed by atoms with van der Waals surface area (Å²) < 4.78 is 50.1. The van der Waals surface area contributed by atoms with E-state index in [4.69, 9.17) is 5.73 Å². The van der Waals surface area contributed by atoms with Crippen LogP contribution in [0.3, 0.4) is 0 Å². The van der Waals surface area contributed by atoms with E-state index in [0.717, 1.165) is 6.26 Å². The largest absolute Gasteiger partial charge is 0.370 e. The van der Waals surface area contributed by atoms with Crippen LogP contribution >= 0.6 is 0 Å². The van der Waals surface area contributed by atoms with Gasteiger partial charge in [0, 0.05) is 25.3 Å². The molecular weight excluding hydrogens is 364 g/mol. The Hall–Kier alpha value is -1.45. The van der Waals surface area contributed by atoms with Gasteiger partial charge in [-0.2, -0.15) is 4.31 Å². The fraction of sp³-hybridized carbons (Fsp3) is 0.562. The minimum absolute atomic E-state index is 0.0855. The second-order valence-corrected chi connectivity index (χ2v) is 10.5. The lowest BCUT2D eigenvalue weighted by molar-refractivity contribution is -0.118. The number of nitrogens with zero attached hydrogens (tertiary/aromatic N) is 1. The third-order valence-electron chi connectivity index (χ3n) is 4.58. The first-order valence-corrected chi connectivity index (χ1v) is 11.4. The fourth-order valence-electron chi connectivity index (χ4n) is 3.21. The lowest BCUT2D eigenvalue weighted by Gasteiger charge is -2.36. The summed E-state index contributed by atoms with van der Waals surface area (Å²) in [7, 11) is -7.05. The van der Waals surface area contributed by atoms with Crippen LogP contribution in [0.4, 0.5) is 0 Å². The average Bonchev–Trinajstić information content (AvgIpc) is 2.52. The Balaban J connectivity index is 2.13. The van der Waals surface area contributed by atoms with Crippen molar-refractivity contribution >= 4 is 25.8 Å². The van der Waals surface area contributed by atoms with E-state index in [1.165, 1.54) is 28.6 Å². The predicted octanol–water partition coefficient (Wildman–Crippen LogP) is 1.14. The number of amides is 1. The van der Waals surface area contributed by atoms with Crippen LogP contribution in [-0.2, 0) is 24.7 Å². The molecule has 9 heteroatoms. The Morgan fingerprint density at radius 2 is 1.72 bits per heavy atom. The summed E-state index contributed by atoms with van der Waals surface area (Å²) in [6.45, 7) is 2.22. The van der Waals surface area contributed by atoms with Crippen molar-refractivity contribution in [3.05, 3.63) is 24.3 Å². The fourth-order valence-corrected chi connectivity index (χ4v) is 5.49. The molecule has 7 nitrogen and oxygen atoms in total. The molecule has 1 fully saturated rings. The van der Waals surface area contributed by atoms with E-state index in [9.17, 15) is 21.6 Å². The third-order valence-corrected chi connectivity index (χ3v) is 7.74. The lowest BCUT2D eigenvalue weighted by Crippen LogP contribution is -2.44. The van der Waals surface area contributed by atoms with E-state index in [1.807, 2.05) is 6.92 Å². The van der Waals surface area contributed by atoms with Crippen molar-refractivity contribution < 1.29 is 21.6 Å². The number of nitrogens with two attached hydrogens (primary N) is 1. The van der Waals surface area contributed by atoms with Crippen LogP contribution in [0.25, 0.3) is 0 Å². The lowest BCUT2D eigenvalue weighted by atomic mass is 9.89. The van der Waals surface area contributed by atoms with E-state index in [-0.39, 0.29) is 27.7 Å². The smallest absolute Gasteiger partial charge is 0.243 e. The van der Waals surface area contributed by atoms with Crippen LogP contribution in [0.15, 0.2) is 34.1 Å². The first-order valence-electron chi connectivity index (χ1n) is 8.12. The molecule has 140 valence electrons. The summed E-state index contributed by atoms with van der Waals surface area (Å²) in [5.74, 6) is -0.0600. The first kappa shape index (κ1) is 19.9. The highest BCUT2D eigenvalue weighted by Gasteiger charge is 2.34. The zero-order chi connectivity index (χ0) is 18.8. The number of sulfonamides is 1. The molecule has 25 heavy (non-hydrogen) atoms. The van der Waals surface area contributed by atoms with Gasteiger partial charge in [0.25, 0.3) is 0 Å². The van der Waals surface area contributed by atoms with E-state index in [1.54, 1.807) is 0 Å². The van der Waals surface area contributed by atoms with Gasteiger partial charge < -0.3 is 5.73 Å². The summed E-state index contributed by atoms with van der Waals surface area (Å²) in [5, 5.41) is 0. The molecule has 1 saturated heterocycles. The zero-order valence-electron chi connectivity index (χ0n) is 14.4. The Morgan fingerprint density at radius 1 is 1.16 bits per heavy atom. The number of carbonyl (C=O) groups excluding carboxylic acids is 1. The van der Waals surface area contributed by atoms with Crippen LogP contribution in [0.1, 0.15) is 32.6 Å². The Morgan fingerprint density at radius 3 is 2.20 bits per heavy atom. The van der Waals surface area contributed by atoms with E-state index in [2.05, 4.69) is 0 Å². The topological polar surface area (TPSA) is 115 Å². The summed E-state index contributed by atoms with van der Waals surface area (Å²) >= 11 is 0. The Labute approximate surface area is 149 Å².